The maximum absolute atomic E-state index is 13.6. The van der Waals surface area contributed by atoms with Gasteiger partial charge in [0.1, 0.15) is 12.3 Å². The van der Waals surface area contributed by atoms with Crippen molar-refractivity contribution in [2.75, 3.05) is 19.5 Å². The number of unbranched alkanes of at least 4 members (excludes halogenated alkanes) is 1. The average molecular weight is 641 g/mol. The Labute approximate surface area is 260 Å². The van der Waals surface area contributed by atoms with Crippen molar-refractivity contribution in [3.8, 4) is 11.5 Å². The molecule has 0 unspecified atom stereocenters. The molecular weight excluding hydrogens is 606 g/mol. The molecule has 0 bridgehead atoms. The van der Waals surface area contributed by atoms with Gasteiger partial charge in [-0.2, -0.15) is 4.39 Å². The minimum atomic E-state index is -3.73. The number of aliphatic carboxylic acids is 1. The van der Waals surface area contributed by atoms with E-state index >= 15 is 0 Å². The molecule has 0 fully saturated rings. The number of carboxylic acid groups (broad SMARTS) is 1. The summed E-state index contributed by atoms with van der Waals surface area (Å²) in [6.07, 6.45) is 8.64. The normalized spacial score (nSPS) is 11.6. The van der Waals surface area contributed by atoms with E-state index in [4.69, 9.17) is 14.6 Å². The van der Waals surface area contributed by atoms with E-state index in [1.165, 1.54) is 12.1 Å². The number of carbonyl (C=O) groups excluding carboxylic acids is 1. The molecule has 0 aliphatic heterocycles. The van der Waals surface area contributed by atoms with Gasteiger partial charge in [-0.05, 0) is 66.6 Å². The third kappa shape index (κ3) is 9.90. The molecule has 0 aliphatic rings. The van der Waals surface area contributed by atoms with Gasteiger partial charge in [-0.3, -0.25) is 14.3 Å². The van der Waals surface area contributed by atoms with Gasteiger partial charge in [-0.25, -0.2) is 12.8 Å². The van der Waals surface area contributed by atoms with Crippen LogP contribution in [-0.4, -0.2) is 49.4 Å². The van der Waals surface area contributed by atoms with Crippen molar-refractivity contribution in [1.29, 1.82) is 0 Å². The minimum absolute atomic E-state index is 0.00670. The molecule has 0 saturated carbocycles. The Hall–Kier alpha value is -4.71. The summed E-state index contributed by atoms with van der Waals surface area (Å²) in [6, 6.07) is 16.9. The topological polar surface area (TPSA) is 124 Å². The Morgan fingerprint density at radius 3 is 2.36 bits per heavy atom. The molecule has 1 heterocycles. The van der Waals surface area contributed by atoms with Crippen LogP contribution in [0.5, 0.6) is 11.5 Å². The summed E-state index contributed by atoms with van der Waals surface area (Å²) in [4.78, 5) is 23.5. The molecule has 0 aliphatic carbocycles. The molecule has 0 spiro atoms. The Bertz CT molecular complexity index is 1780. The number of carboxylic acids is 1. The number of rotatable bonds is 16. The highest BCUT2D eigenvalue weighted by atomic mass is 32.2. The van der Waals surface area contributed by atoms with Crippen LogP contribution in [0, 0.1) is 11.6 Å². The summed E-state index contributed by atoms with van der Waals surface area (Å²) < 4.78 is 64.8. The first-order valence-corrected chi connectivity index (χ1v) is 16.2. The number of hydrogen-bond acceptors (Lipinski definition) is 6. The van der Waals surface area contributed by atoms with E-state index in [2.05, 4.69) is 0 Å². The molecule has 1 aromatic heterocycles. The second-order valence-corrected chi connectivity index (χ2v) is 12.2. The number of nitrogens with one attached hydrogen (secondary N) is 1. The Kier molecular flexibility index (Phi) is 11.3. The summed E-state index contributed by atoms with van der Waals surface area (Å²) in [5, 5.41) is 9.90. The maximum atomic E-state index is 13.6. The van der Waals surface area contributed by atoms with Gasteiger partial charge in [0, 0.05) is 18.0 Å². The number of hydrogen-bond donors (Lipinski definition) is 2. The zero-order valence-corrected chi connectivity index (χ0v) is 25.5. The number of benzene rings is 3. The lowest BCUT2D eigenvalue weighted by Crippen LogP contribution is -2.32. The number of nitrogens with zero attached hydrogens (tertiary/aromatic N) is 1. The summed E-state index contributed by atoms with van der Waals surface area (Å²) in [5.74, 6) is -2.97. The third-order valence-electron chi connectivity index (χ3n) is 6.78. The van der Waals surface area contributed by atoms with Gasteiger partial charge in [-0.15, -0.1) is 0 Å². The zero-order valence-electron chi connectivity index (χ0n) is 24.7. The van der Waals surface area contributed by atoms with Crippen LogP contribution in [0.1, 0.15) is 42.4 Å². The van der Waals surface area contributed by atoms with Gasteiger partial charge in [0.15, 0.2) is 11.6 Å². The van der Waals surface area contributed by atoms with E-state index in [1.54, 1.807) is 10.8 Å². The number of fused-ring (bicyclic) bond motifs is 1. The van der Waals surface area contributed by atoms with Crippen LogP contribution in [0.2, 0.25) is 0 Å². The van der Waals surface area contributed by atoms with Crippen molar-refractivity contribution in [3.05, 3.63) is 95.2 Å². The average Bonchev–Trinajstić information content (AvgIpc) is 3.32. The zero-order chi connectivity index (χ0) is 32.4. The highest BCUT2D eigenvalue weighted by Crippen LogP contribution is 2.28. The van der Waals surface area contributed by atoms with Crippen LogP contribution in [0.3, 0.4) is 0 Å². The number of para-hydroxylation sites is 1. The monoisotopic (exact) mass is 640 g/mol. The molecule has 12 heteroatoms. The van der Waals surface area contributed by atoms with Crippen LogP contribution in [0.15, 0.2) is 66.9 Å². The van der Waals surface area contributed by atoms with Crippen molar-refractivity contribution in [2.24, 2.45) is 0 Å². The number of carbonyl (C=O) groups is 2. The Morgan fingerprint density at radius 1 is 0.933 bits per heavy atom. The molecule has 3 aromatic carbocycles. The number of aryl methyl sites for hydroxylation is 1. The van der Waals surface area contributed by atoms with E-state index in [1.807, 2.05) is 59.3 Å². The lowest BCUT2D eigenvalue weighted by Gasteiger charge is -2.09. The maximum Gasteiger partial charge on any atom is 0.303 e. The van der Waals surface area contributed by atoms with E-state index in [-0.39, 0.29) is 25.3 Å². The van der Waals surface area contributed by atoms with Crippen molar-refractivity contribution in [2.45, 2.75) is 38.6 Å². The van der Waals surface area contributed by atoms with Crippen LogP contribution in [0.25, 0.3) is 23.1 Å². The van der Waals surface area contributed by atoms with Crippen LogP contribution in [0.4, 0.5) is 8.78 Å². The Morgan fingerprint density at radius 2 is 1.64 bits per heavy atom. The molecule has 45 heavy (non-hydrogen) atoms. The van der Waals surface area contributed by atoms with Crippen LogP contribution in [-0.2, 0) is 32.6 Å². The molecule has 0 saturated heterocycles. The van der Waals surface area contributed by atoms with E-state index in [0.717, 1.165) is 39.9 Å². The fourth-order valence-corrected chi connectivity index (χ4v) is 5.26. The van der Waals surface area contributed by atoms with Gasteiger partial charge >= 0.3 is 5.97 Å². The van der Waals surface area contributed by atoms with Gasteiger partial charge in [0.2, 0.25) is 15.8 Å². The molecule has 2 N–H and O–H groups in total. The second-order valence-electron chi connectivity index (χ2n) is 10.4. The van der Waals surface area contributed by atoms with E-state index in [0.29, 0.717) is 38.0 Å². The van der Waals surface area contributed by atoms with Crippen LogP contribution >= 0.6 is 0 Å². The van der Waals surface area contributed by atoms with Crippen molar-refractivity contribution < 1.29 is 41.4 Å². The molecule has 9 nitrogen and oxygen atoms in total. The molecule has 4 aromatic rings. The summed E-state index contributed by atoms with van der Waals surface area (Å²) in [7, 11) is -3.73. The number of aromatic nitrogens is 1. The summed E-state index contributed by atoms with van der Waals surface area (Å²) in [5.41, 5.74) is 3.28. The van der Waals surface area contributed by atoms with E-state index in [9.17, 15) is 26.8 Å². The first kappa shape index (κ1) is 33.2. The predicted octanol–water partition coefficient (Wildman–Crippen LogP) is 5.81. The number of amides is 1. The number of halogens is 2. The fourth-order valence-electron chi connectivity index (χ4n) is 4.78. The van der Waals surface area contributed by atoms with Gasteiger partial charge in [0.25, 0.3) is 5.91 Å². The Balaban J connectivity index is 1.39. The molecule has 0 atom stereocenters. The smallest absolute Gasteiger partial charge is 0.303 e. The molecule has 0 radical (unpaired) electrons. The number of sulfonamides is 1. The predicted molar refractivity (Wildman–Crippen MR) is 167 cm³/mol. The fraction of sp³-hybridized carbons (Fsp3) is 0.273. The van der Waals surface area contributed by atoms with Crippen molar-refractivity contribution in [3.63, 3.8) is 0 Å². The first-order chi connectivity index (χ1) is 21.5. The van der Waals surface area contributed by atoms with Crippen molar-refractivity contribution in [1.82, 2.24) is 9.29 Å². The van der Waals surface area contributed by atoms with Gasteiger partial charge in [0.05, 0.1) is 25.0 Å². The lowest BCUT2D eigenvalue weighted by molar-refractivity contribution is -0.137. The standard InChI is InChI=1S/C33H34F2N2O7S/c1-45(41,42)36-30(38)22-37-21-25(8-5-12-31(39)40)27-9-4-7-24(33(27)37)16-13-23-14-17-26(18-15-23)43-19-2-3-20-44-29-11-6-10-28(34)32(29)35/h4,6-7,9-11,13-18,21H,2-3,5,8,12,19-20,22H2,1H3,(H,36,38)(H,39,40). The quantitative estimate of drug-likeness (QED) is 0.117. The number of ether oxygens (including phenoxy) is 2. The SMILES string of the molecule is CS(=O)(=O)NC(=O)Cn1cc(CCCC(=O)O)c2cccc(C=Cc3ccc(OCCCCOc4cccc(F)c4F)cc3)c21. The summed E-state index contributed by atoms with van der Waals surface area (Å²) >= 11 is 0. The second kappa shape index (κ2) is 15.3. The minimum Gasteiger partial charge on any atom is -0.494 e. The molecule has 238 valence electrons. The van der Waals surface area contributed by atoms with Crippen molar-refractivity contribution >= 4 is 45.0 Å². The van der Waals surface area contributed by atoms with E-state index < -0.39 is 33.5 Å². The molecule has 1 amide bonds. The van der Waals surface area contributed by atoms with Crippen LogP contribution < -0.4 is 14.2 Å². The lowest BCUT2D eigenvalue weighted by atomic mass is 10.0. The highest BCUT2D eigenvalue weighted by molar-refractivity contribution is 7.89. The largest absolute Gasteiger partial charge is 0.494 e. The highest BCUT2D eigenvalue weighted by Gasteiger charge is 2.16. The first-order valence-electron chi connectivity index (χ1n) is 14.3. The summed E-state index contributed by atoms with van der Waals surface area (Å²) in [6.45, 7) is 0.424. The van der Waals surface area contributed by atoms with Gasteiger partial charge < -0.3 is 19.1 Å². The molecular formula is C33H34F2N2O7S. The van der Waals surface area contributed by atoms with Gasteiger partial charge in [-0.1, -0.05) is 48.6 Å². The molecule has 4 rings (SSSR count). The third-order valence-corrected chi connectivity index (χ3v) is 7.38.